The Kier molecular flexibility index (Phi) is 19.3. The molecule has 0 radical (unpaired) electrons. The van der Waals surface area contributed by atoms with Crippen LogP contribution in [0.1, 0.15) is 13.8 Å². The summed E-state index contributed by atoms with van der Waals surface area (Å²) >= 11 is 2.31. The van der Waals surface area contributed by atoms with E-state index >= 15 is 0 Å². The Morgan fingerprint density at radius 3 is 1.67 bits per heavy atom. The van der Waals surface area contributed by atoms with Gasteiger partial charge in [0.05, 0.1) is 0 Å². The Hall–Kier alpha value is -0.0235. The zero-order chi connectivity index (χ0) is 7.15. The Labute approximate surface area is 64.8 Å². The van der Waals surface area contributed by atoms with Crippen molar-refractivity contribution in [3.63, 3.8) is 0 Å². The Bertz CT molecular complexity index is 71.5. The summed E-state index contributed by atoms with van der Waals surface area (Å²) < 4.78 is 7.94. The molecule has 0 aliphatic carbocycles. The molecule has 0 N–H and O–H groups in total. The third-order valence-corrected chi connectivity index (χ3v) is 0.694. The molecule has 2 nitrogen and oxygen atoms in total. The fraction of sp³-hybridized carbons (Fsp3) is 0.500. The zero-order valence-electron chi connectivity index (χ0n) is 5.93. The molecule has 0 aromatic carbocycles. The van der Waals surface area contributed by atoms with Crippen molar-refractivity contribution < 1.29 is 24.3 Å². The Balaban J connectivity index is -0.000000109. The van der Waals surface area contributed by atoms with Gasteiger partial charge in [0.2, 0.25) is 0 Å². The van der Waals surface area contributed by atoms with Crippen LogP contribution in [-0.2, 0) is 24.3 Å². The molecule has 9 heavy (non-hydrogen) atoms. The number of Topliss-reactive ketones (excluding diaryl/α,β-unsaturated/α-hetero) is 1. The van der Waals surface area contributed by atoms with Crippen molar-refractivity contribution in [3.8, 4) is 0 Å². The molecular weight excluding hydrogens is 163 g/mol. The summed E-state index contributed by atoms with van der Waals surface area (Å²) in [6.45, 7) is 6.81. The summed E-state index contributed by atoms with van der Waals surface area (Å²) in [7, 11) is 0. The summed E-state index contributed by atoms with van der Waals surface area (Å²) in [5, 5.41) is 0. The van der Waals surface area contributed by atoms with Crippen LogP contribution >= 0.6 is 0 Å². The molecule has 0 saturated carbocycles. The molecule has 0 aromatic heterocycles. The van der Waals surface area contributed by atoms with Gasteiger partial charge < -0.3 is 19.1 Å². The normalized spacial score (nSPS) is 9.78. The van der Waals surface area contributed by atoms with Crippen LogP contribution in [0.25, 0.3) is 0 Å². The third-order valence-electron chi connectivity index (χ3n) is 0.694. The molecule has 0 fully saturated rings. The van der Waals surface area contributed by atoms with Gasteiger partial charge in [-0.2, -0.15) is 0 Å². The van der Waals surface area contributed by atoms with Crippen LogP contribution in [0.3, 0.4) is 0 Å². The first kappa shape index (κ1) is 16.0. The summed E-state index contributed by atoms with van der Waals surface area (Å²) in [4.78, 5) is 10.1. The van der Waals surface area contributed by atoms with Crippen molar-refractivity contribution in [2.24, 2.45) is 5.92 Å². The molecule has 0 saturated heterocycles. The van der Waals surface area contributed by atoms with Crippen molar-refractivity contribution in [1.29, 1.82) is 0 Å². The minimum atomic E-state index is -0.0370. The number of hydrogen-bond acceptors (Lipinski definition) is 2. The van der Waals surface area contributed by atoms with Crippen LogP contribution in [-0.4, -0.2) is 5.78 Å². The molecule has 3 heteroatoms. The molecule has 0 aromatic rings. The number of ketones is 1. The van der Waals surface area contributed by atoms with E-state index in [1.54, 1.807) is 6.92 Å². The standard InChI is InChI=1S/C5H9O.CH3.Co.O/c1-4(2)5(3)6;;;/h4H,1H2,2-3H3;1H3;;/q2*-1;;. The minimum absolute atomic E-state index is 0. The molecule has 0 rings (SSSR count). The average Bonchev–Trinajstić information content (AvgIpc) is 1.72. The van der Waals surface area contributed by atoms with Crippen molar-refractivity contribution in [3.05, 3.63) is 14.4 Å². The van der Waals surface area contributed by atoms with Gasteiger partial charge in [-0.1, -0.05) is 6.92 Å². The molecule has 0 spiro atoms. The van der Waals surface area contributed by atoms with E-state index in [9.17, 15) is 4.79 Å². The van der Waals surface area contributed by atoms with E-state index in [2.05, 4.69) is 22.6 Å². The van der Waals surface area contributed by atoms with Crippen LogP contribution < -0.4 is 0 Å². The van der Waals surface area contributed by atoms with Gasteiger partial charge in [0, 0.05) is 0 Å². The van der Waals surface area contributed by atoms with Crippen molar-refractivity contribution in [2.45, 2.75) is 13.8 Å². The van der Waals surface area contributed by atoms with E-state index in [4.69, 9.17) is 3.87 Å². The van der Waals surface area contributed by atoms with Crippen LogP contribution in [0.2, 0.25) is 0 Å². The third kappa shape index (κ3) is 18.0. The van der Waals surface area contributed by atoms with Gasteiger partial charge in [-0.3, -0.25) is 0 Å². The van der Waals surface area contributed by atoms with Crippen LogP contribution in [0.5, 0.6) is 0 Å². The van der Waals surface area contributed by atoms with Gasteiger partial charge in [-0.15, -0.1) is 5.92 Å². The van der Waals surface area contributed by atoms with Crippen LogP contribution in [0.15, 0.2) is 0 Å². The van der Waals surface area contributed by atoms with Gasteiger partial charge in [0.1, 0.15) is 5.78 Å². The van der Waals surface area contributed by atoms with Crippen molar-refractivity contribution >= 4 is 5.78 Å². The first-order valence-electron chi connectivity index (χ1n) is 2.11. The monoisotopic (exact) mass is 175 g/mol. The van der Waals surface area contributed by atoms with E-state index in [1.165, 1.54) is 6.92 Å². The predicted molar refractivity (Wildman–Crippen MR) is 32.3 cm³/mol. The van der Waals surface area contributed by atoms with Gasteiger partial charge in [-0.25, -0.2) is 0 Å². The second-order valence-electron chi connectivity index (χ2n) is 1.51. The zero-order valence-corrected chi connectivity index (χ0v) is 6.98. The van der Waals surface area contributed by atoms with E-state index in [-0.39, 0.29) is 19.1 Å². The average molecular weight is 175 g/mol. The Morgan fingerprint density at radius 2 is 1.67 bits per heavy atom. The molecule has 59 valence electrons. The van der Waals surface area contributed by atoms with Gasteiger partial charge in [0.25, 0.3) is 0 Å². The van der Waals surface area contributed by atoms with Crippen LogP contribution in [0.4, 0.5) is 0 Å². The maximum atomic E-state index is 10.1. The fourth-order valence-electron chi connectivity index (χ4n) is 0. The SMILES string of the molecule is [CH2-]C(C)C(C)=O.[CH3-].[O]=[Co]. The second kappa shape index (κ2) is 10.9. The summed E-state index contributed by atoms with van der Waals surface area (Å²) in [6, 6.07) is 0. The maximum absolute atomic E-state index is 10.1. The summed E-state index contributed by atoms with van der Waals surface area (Å²) in [6.07, 6.45) is 0. The molecular formula is C6H12CoO2-2. The van der Waals surface area contributed by atoms with Gasteiger partial charge in [-0.05, 0) is 6.92 Å². The number of carbonyl (C=O) groups excluding carboxylic acids is 1. The molecule has 0 aliphatic heterocycles. The van der Waals surface area contributed by atoms with Crippen LogP contribution in [0, 0.1) is 20.3 Å². The summed E-state index contributed by atoms with van der Waals surface area (Å²) in [5.41, 5.74) is 0. The quantitative estimate of drug-likeness (QED) is 0.564. The summed E-state index contributed by atoms with van der Waals surface area (Å²) in [5.74, 6) is 0.111. The second-order valence-corrected chi connectivity index (χ2v) is 1.51. The topological polar surface area (TPSA) is 34.1 Å². The van der Waals surface area contributed by atoms with E-state index < -0.39 is 0 Å². The van der Waals surface area contributed by atoms with E-state index in [0.717, 1.165) is 0 Å². The number of hydrogen-bond donors (Lipinski definition) is 0. The van der Waals surface area contributed by atoms with Gasteiger partial charge in [0.15, 0.2) is 0 Å². The number of rotatable bonds is 1. The molecule has 1 unspecified atom stereocenters. The van der Waals surface area contributed by atoms with E-state index in [1.807, 2.05) is 0 Å². The van der Waals surface area contributed by atoms with Gasteiger partial charge >= 0.3 is 19.5 Å². The molecule has 0 heterocycles. The molecule has 0 aliphatic rings. The molecule has 0 bridgehead atoms. The predicted octanol–water partition coefficient (Wildman–Crippen LogP) is 1.37. The van der Waals surface area contributed by atoms with Crippen molar-refractivity contribution in [1.82, 2.24) is 0 Å². The molecule has 1 atom stereocenters. The fourth-order valence-corrected chi connectivity index (χ4v) is 0. The first-order chi connectivity index (χ1) is 3.64. The number of carbonyl (C=O) groups is 1. The van der Waals surface area contributed by atoms with Crippen molar-refractivity contribution in [2.75, 3.05) is 0 Å². The Morgan fingerprint density at radius 1 is 1.56 bits per heavy atom. The van der Waals surface area contributed by atoms with E-state index in [0.29, 0.717) is 0 Å². The first-order valence-corrected chi connectivity index (χ1v) is 2.54. The molecule has 0 amide bonds.